The molecule has 2 nitrogen and oxygen atoms in total. The molecule has 0 radical (unpaired) electrons. The van der Waals surface area contributed by atoms with E-state index in [0.29, 0.717) is 16.5 Å². The van der Waals surface area contributed by atoms with Crippen molar-refractivity contribution in [2.45, 2.75) is 0 Å². The van der Waals surface area contributed by atoms with Crippen LogP contribution in [0.3, 0.4) is 0 Å². The van der Waals surface area contributed by atoms with Crippen LogP contribution in [0.25, 0.3) is 22.0 Å². The van der Waals surface area contributed by atoms with Gasteiger partial charge in [0.15, 0.2) is 22.9 Å². The topological polar surface area (TPSA) is 32.9 Å². The van der Waals surface area contributed by atoms with Crippen LogP contribution in [0.2, 0.25) is 0 Å². The van der Waals surface area contributed by atoms with Gasteiger partial charge in [0.1, 0.15) is 0 Å². The predicted octanol–water partition coefficient (Wildman–Crippen LogP) is 3.61. The van der Waals surface area contributed by atoms with E-state index in [9.17, 15) is 18.0 Å². The Morgan fingerprint density at radius 2 is 1.70 bits per heavy atom. The van der Waals surface area contributed by atoms with Gasteiger partial charge in [-0.3, -0.25) is 4.79 Å². The van der Waals surface area contributed by atoms with E-state index in [-0.39, 0.29) is 11.0 Å². The number of rotatable bonds is 1. The van der Waals surface area contributed by atoms with Crippen LogP contribution in [0.4, 0.5) is 13.2 Å². The zero-order valence-corrected chi connectivity index (χ0v) is 10.1. The van der Waals surface area contributed by atoms with Crippen molar-refractivity contribution in [1.29, 1.82) is 0 Å². The summed E-state index contributed by atoms with van der Waals surface area (Å²) in [5.74, 6) is -3.99. The van der Waals surface area contributed by atoms with Crippen molar-refractivity contribution in [3.8, 4) is 11.1 Å². The van der Waals surface area contributed by atoms with Gasteiger partial charge in [0, 0.05) is 28.7 Å². The van der Waals surface area contributed by atoms with E-state index in [2.05, 4.69) is 4.98 Å². The molecule has 0 aliphatic rings. The maximum absolute atomic E-state index is 13.7. The van der Waals surface area contributed by atoms with Gasteiger partial charge in [-0.15, -0.1) is 0 Å². The summed E-state index contributed by atoms with van der Waals surface area (Å²) in [5, 5.41) is 0.444. The number of aromatic nitrogens is 1. The lowest BCUT2D eigenvalue weighted by molar-refractivity contribution is 0.449. The van der Waals surface area contributed by atoms with E-state index in [4.69, 9.17) is 0 Å². The summed E-state index contributed by atoms with van der Waals surface area (Å²) in [7, 11) is 0. The summed E-state index contributed by atoms with van der Waals surface area (Å²) < 4.78 is 39.9. The van der Waals surface area contributed by atoms with E-state index >= 15 is 0 Å². The molecule has 1 aromatic heterocycles. The van der Waals surface area contributed by atoms with Crippen LogP contribution >= 0.6 is 0 Å². The molecular weight excluding hydrogens is 267 g/mol. The van der Waals surface area contributed by atoms with Crippen LogP contribution in [0, 0.1) is 17.5 Å². The van der Waals surface area contributed by atoms with Crippen molar-refractivity contribution in [1.82, 2.24) is 4.98 Å². The highest BCUT2D eigenvalue weighted by atomic mass is 19.2. The van der Waals surface area contributed by atoms with Crippen LogP contribution in [-0.2, 0) is 0 Å². The molecule has 0 spiro atoms. The molecule has 0 fully saturated rings. The minimum Gasteiger partial charge on any atom is -0.361 e. The van der Waals surface area contributed by atoms with E-state index in [1.54, 1.807) is 0 Å². The van der Waals surface area contributed by atoms with Gasteiger partial charge < -0.3 is 4.98 Å². The summed E-state index contributed by atoms with van der Waals surface area (Å²) in [5.41, 5.74) is 0.626. The Labute approximate surface area is 111 Å². The number of hydrogen-bond acceptors (Lipinski definition) is 1. The first-order valence-corrected chi connectivity index (χ1v) is 5.83. The monoisotopic (exact) mass is 275 g/mol. The Morgan fingerprint density at radius 3 is 2.50 bits per heavy atom. The molecular formula is C15H8F3NO. The quantitative estimate of drug-likeness (QED) is 0.676. The molecule has 0 aliphatic heterocycles. The fourth-order valence-corrected chi connectivity index (χ4v) is 2.09. The minimum absolute atomic E-state index is 0.0597. The largest absolute Gasteiger partial charge is 0.361 e. The van der Waals surface area contributed by atoms with Crippen molar-refractivity contribution in [3.63, 3.8) is 0 Å². The number of halogens is 3. The number of benzene rings is 2. The fourth-order valence-electron chi connectivity index (χ4n) is 2.09. The van der Waals surface area contributed by atoms with Crippen LogP contribution in [0.1, 0.15) is 0 Å². The lowest BCUT2D eigenvalue weighted by Gasteiger charge is -2.06. The predicted molar refractivity (Wildman–Crippen MR) is 69.9 cm³/mol. The number of H-pyrrole nitrogens is 1. The first-order valence-electron chi connectivity index (χ1n) is 5.83. The summed E-state index contributed by atoms with van der Waals surface area (Å²) in [6.45, 7) is 0. The maximum atomic E-state index is 13.7. The average molecular weight is 275 g/mol. The molecule has 0 bridgehead atoms. The molecule has 0 amide bonds. The molecule has 20 heavy (non-hydrogen) atoms. The van der Waals surface area contributed by atoms with E-state index in [1.165, 1.54) is 30.5 Å². The smallest absolute Gasteiger partial charge is 0.195 e. The highest BCUT2D eigenvalue weighted by Crippen LogP contribution is 2.27. The Kier molecular flexibility index (Phi) is 2.82. The molecule has 0 unspecified atom stereocenters. The van der Waals surface area contributed by atoms with Gasteiger partial charge in [0.05, 0.1) is 0 Å². The number of fused-ring (bicyclic) bond motifs is 1. The Hall–Kier alpha value is -2.56. The van der Waals surface area contributed by atoms with Crippen LogP contribution in [0.5, 0.6) is 0 Å². The third kappa shape index (κ3) is 1.87. The SMILES string of the molecule is O=c1cc[nH]c2cc(-c3ccc(F)c(F)c3F)ccc12. The van der Waals surface area contributed by atoms with Crippen molar-refractivity contribution >= 4 is 10.9 Å². The zero-order chi connectivity index (χ0) is 14.3. The Balaban J connectivity index is 2.26. The lowest BCUT2D eigenvalue weighted by atomic mass is 10.0. The first kappa shape index (κ1) is 12.5. The lowest BCUT2D eigenvalue weighted by Crippen LogP contribution is -2.00. The third-order valence-corrected chi connectivity index (χ3v) is 3.10. The molecule has 0 saturated carbocycles. The molecule has 5 heteroatoms. The Morgan fingerprint density at radius 1 is 0.900 bits per heavy atom. The normalized spacial score (nSPS) is 10.9. The van der Waals surface area contributed by atoms with Crippen molar-refractivity contribution in [3.05, 3.63) is 70.3 Å². The van der Waals surface area contributed by atoms with Gasteiger partial charge in [-0.05, 0) is 29.8 Å². The molecule has 0 atom stereocenters. The molecule has 100 valence electrons. The standard InChI is InChI=1S/C15H8F3NO/c16-11-4-3-9(14(17)15(11)18)8-1-2-10-12(7-8)19-6-5-13(10)20/h1-7H,(H,19,20). The highest BCUT2D eigenvalue weighted by Gasteiger charge is 2.15. The zero-order valence-electron chi connectivity index (χ0n) is 10.1. The van der Waals surface area contributed by atoms with Gasteiger partial charge in [0.2, 0.25) is 0 Å². The highest BCUT2D eigenvalue weighted by molar-refractivity contribution is 5.84. The second kappa shape index (κ2) is 4.52. The number of aromatic amines is 1. The second-order valence-electron chi connectivity index (χ2n) is 4.33. The molecule has 2 aromatic carbocycles. The van der Waals surface area contributed by atoms with Crippen LogP contribution in [0.15, 0.2) is 47.4 Å². The van der Waals surface area contributed by atoms with Crippen molar-refractivity contribution in [2.24, 2.45) is 0 Å². The van der Waals surface area contributed by atoms with Gasteiger partial charge in [-0.1, -0.05) is 6.07 Å². The molecule has 3 rings (SSSR count). The molecule has 0 saturated heterocycles. The number of pyridine rings is 1. The summed E-state index contributed by atoms with van der Waals surface area (Å²) in [4.78, 5) is 14.4. The van der Waals surface area contributed by atoms with Crippen LogP contribution in [-0.4, -0.2) is 4.98 Å². The maximum Gasteiger partial charge on any atom is 0.195 e. The number of nitrogens with one attached hydrogen (secondary N) is 1. The molecule has 3 aromatic rings. The van der Waals surface area contributed by atoms with Gasteiger partial charge in [0.25, 0.3) is 0 Å². The molecule has 0 aliphatic carbocycles. The summed E-state index contributed by atoms with van der Waals surface area (Å²) >= 11 is 0. The average Bonchev–Trinajstić information content (AvgIpc) is 2.45. The minimum atomic E-state index is -1.51. The van der Waals surface area contributed by atoms with E-state index < -0.39 is 17.5 Å². The third-order valence-electron chi connectivity index (χ3n) is 3.10. The first-order chi connectivity index (χ1) is 9.58. The van der Waals surface area contributed by atoms with Crippen molar-refractivity contribution in [2.75, 3.05) is 0 Å². The fraction of sp³-hybridized carbons (Fsp3) is 0. The summed E-state index contributed by atoms with van der Waals surface area (Å²) in [6, 6.07) is 7.94. The second-order valence-corrected chi connectivity index (χ2v) is 4.33. The van der Waals surface area contributed by atoms with E-state index in [1.807, 2.05) is 0 Å². The van der Waals surface area contributed by atoms with Crippen LogP contribution < -0.4 is 5.43 Å². The van der Waals surface area contributed by atoms with E-state index in [0.717, 1.165) is 12.1 Å². The summed E-state index contributed by atoms with van der Waals surface area (Å²) in [6.07, 6.45) is 1.47. The van der Waals surface area contributed by atoms with Gasteiger partial charge in [-0.2, -0.15) is 0 Å². The molecule has 1 N–H and O–H groups in total. The molecule has 1 heterocycles. The van der Waals surface area contributed by atoms with Crippen molar-refractivity contribution < 1.29 is 13.2 Å². The Bertz CT molecular complexity index is 871. The van der Waals surface area contributed by atoms with Gasteiger partial charge >= 0.3 is 0 Å². The number of hydrogen-bond donors (Lipinski definition) is 1. The van der Waals surface area contributed by atoms with Gasteiger partial charge in [-0.25, -0.2) is 13.2 Å².